The minimum atomic E-state index is 0. The van der Waals surface area contributed by atoms with Gasteiger partial charge in [0.25, 0.3) is 0 Å². The first-order valence-electron chi connectivity index (χ1n) is 9.56. The molecular weight excluding hydrogens is 461 g/mol. The fourth-order valence-electron chi connectivity index (χ4n) is 3.01. The molecule has 1 atom stereocenters. The summed E-state index contributed by atoms with van der Waals surface area (Å²) in [6.07, 6.45) is 3.98. The van der Waals surface area contributed by atoms with Crippen molar-refractivity contribution in [3.05, 3.63) is 0 Å². The zero-order valence-electron chi connectivity index (χ0n) is 17.3. The van der Waals surface area contributed by atoms with Crippen LogP contribution < -0.4 is 10.6 Å². The summed E-state index contributed by atoms with van der Waals surface area (Å²) in [6, 6.07) is 0.0561. The number of rotatable bonds is 12. The van der Waals surface area contributed by atoms with Gasteiger partial charge in [-0.2, -0.15) is 0 Å². The van der Waals surface area contributed by atoms with E-state index >= 15 is 0 Å². The van der Waals surface area contributed by atoms with Crippen molar-refractivity contribution in [3.63, 3.8) is 0 Å². The van der Waals surface area contributed by atoms with Crippen molar-refractivity contribution in [2.24, 2.45) is 4.99 Å². The number of nitrogens with zero attached hydrogens (tertiary/aromatic N) is 3. The highest BCUT2D eigenvalue weighted by Crippen LogP contribution is 2.18. The number of ether oxygens (including phenoxy) is 2. The van der Waals surface area contributed by atoms with E-state index in [1.807, 2.05) is 14.1 Å². The minimum Gasteiger partial charge on any atom is -0.382 e. The number of likely N-dealkylation sites (N-methyl/N-ethyl adjacent to an activating group) is 1. The van der Waals surface area contributed by atoms with E-state index in [1.54, 1.807) is 19.1 Å². The molecule has 0 bridgehead atoms. The van der Waals surface area contributed by atoms with E-state index in [4.69, 9.17) is 9.47 Å². The molecular formula is C18H38IN5O3. The first kappa shape index (κ1) is 26.4. The zero-order valence-corrected chi connectivity index (χ0v) is 19.7. The fourth-order valence-corrected chi connectivity index (χ4v) is 3.01. The quantitative estimate of drug-likeness (QED) is 0.179. The molecule has 1 heterocycles. The molecule has 2 N–H and O–H groups in total. The Balaban J connectivity index is 0.00000676. The van der Waals surface area contributed by atoms with Gasteiger partial charge in [0.2, 0.25) is 5.91 Å². The molecule has 0 radical (unpaired) electrons. The Bertz CT molecular complexity index is 424. The third-order valence-corrected chi connectivity index (χ3v) is 4.42. The highest BCUT2D eigenvalue weighted by atomic mass is 127. The second kappa shape index (κ2) is 16.3. The molecule has 1 unspecified atom stereocenters. The fraction of sp³-hybridized carbons (Fsp3) is 0.889. The summed E-state index contributed by atoms with van der Waals surface area (Å²) >= 11 is 0. The Hall–Kier alpha value is -0.650. The number of likely N-dealkylation sites (tertiary alicyclic amines) is 1. The van der Waals surface area contributed by atoms with E-state index < -0.39 is 0 Å². The number of halogens is 1. The van der Waals surface area contributed by atoms with Crippen molar-refractivity contribution in [1.29, 1.82) is 0 Å². The largest absolute Gasteiger partial charge is 0.382 e. The Kier molecular flexibility index (Phi) is 15.9. The van der Waals surface area contributed by atoms with E-state index in [0.717, 1.165) is 57.8 Å². The molecule has 0 aliphatic carbocycles. The van der Waals surface area contributed by atoms with E-state index in [1.165, 1.54) is 0 Å². The zero-order chi connectivity index (χ0) is 19.2. The molecule has 1 aliphatic heterocycles. The highest BCUT2D eigenvalue weighted by molar-refractivity contribution is 14.0. The molecule has 9 heteroatoms. The van der Waals surface area contributed by atoms with Crippen molar-refractivity contribution >= 4 is 35.8 Å². The Morgan fingerprint density at radius 1 is 1.19 bits per heavy atom. The number of amides is 1. The predicted octanol–water partition coefficient (Wildman–Crippen LogP) is 0.765. The van der Waals surface area contributed by atoms with Crippen LogP contribution in [0.4, 0.5) is 0 Å². The Morgan fingerprint density at radius 3 is 2.52 bits per heavy atom. The summed E-state index contributed by atoms with van der Waals surface area (Å²) in [7, 11) is 7.11. The van der Waals surface area contributed by atoms with Gasteiger partial charge in [-0.25, -0.2) is 0 Å². The van der Waals surface area contributed by atoms with Gasteiger partial charge in [0.1, 0.15) is 0 Å². The van der Waals surface area contributed by atoms with Gasteiger partial charge in [-0.1, -0.05) is 0 Å². The molecule has 1 rings (SSSR count). The van der Waals surface area contributed by atoms with E-state index in [2.05, 4.69) is 20.5 Å². The predicted molar refractivity (Wildman–Crippen MR) is 120 cm³/mol. The van der Waals surface area contributed by atoms with Crippen LogP contribution in [0.25, 0.3) is 0 Å². The van der Waals surface area contributed by atoms with Gasteiger partial charge in [-0.05, 0) is 32.2 Å². The maximum Gasteiger partial charge on any atom is 0.239 e. The Morgan fingerprint density at radius 2 is 1.89 bits per heavy atom. The van der Waals surface area contributed by atoms with E-state index in [0.29, 0.717) is 19.8 Å². The topological polar surface area (TPSA) is 78.4 Å². The number of carbonyl (C=O) groups excluding carboxylic acids is 1. The third kappa shape index (κ3) is 11.1. The van der Waals surface area contributed by atoms with E-state index in [-0.39, 0.29) is 35.9 Å². The smallest absolute Gasteiger partial charge is 0.239 e. The Labute approximate surface area is 181 Å². The van der Waals surface area contributed by atoms with Crippen molar-refractivity contribution in [2.45, 2.75) is 31.7 Å². The monoisotopic (exact) mass is 499 g/mol. The van der Waals surface area contributed by atoms with Crippen LogP contribution in [0.1, 0.15) is 25.7 Å². The van der Waals surface area contributed by atoms with Crippen LogP contribution in [0.3, 0.4) is 0 Å². The number of nitrogens with one attached hydrogen (secondary N) is 2. The molecule has 0 aromatic rings. The molecule has 0 aromatic heterocycles. The maximum absolute atomic E-state index is 12.2. The summed E-state index contributed by atoms with van der Waals surface area (Å²) < 4.78 is 10.4. The summed E-state index contributed by atoms with van der Waals surface area (Å²) in [4.78, 5) is 20.4. The second-order valence-electron chi connectivity index (χ2n) is 6.66. The van der Waals surface area contributed by atoms with Crippen LogP contribution in [-0.2, 0) is 14.3 Å². The molecule has 27 heavy (non-hydrogen) atoms. The van der Waals surface area contributed by atoms with Crippen LogP contribution in [0.5, 0.6) is 0 Å². The lowest BCUT2D eigenvalue weighted by molar-refractivity contribution is -0.133. The molecule has 160 valence electrons. The van der Waals surface area contributed by atoms with Crippen molar-refractivity contribution < 1.29 is 14.3 Å². The summed E-state index contributed by atoms with van der Waals surface area (Å²) in [5.74, 6) is 1.03. The minimum absolute atomic E-state index is 0. The number of methoxy groups -OCH3 is 1. The van der Waals surface area contributed by atoms with Gasteiger partial charge < -0.3 is 25.0 Å². The van der Waals surface area contributed by atoms with Crippen LogP contribution in [0, 0.1) is 0 Å². The molecule has 0 saturated carbocycles. The third-order valence-electron chi connectivity index (χ3n) is 4.42. The van der Waals surface area contributed by atoms with Gasteiger partial charge in [0.05, 0.1) is 19.3 Å². The normalized spacial score (nSPS) is 17.5. The lowest BCUT2D eigenvalue weighted by atomic mass is 10.2. The average molecular weight is 499 g/mol. The number of carbonyl (C=O) groups is 1. The molecule has 0 aromatic carbocycles. The molecule has 1 amide bonds. The van der Waals surface area contributed by atoms with Gasteiger partial charge in [-0.15, -0.1) is 24.0 Å². The maximum atomic E-state index is 12.2. The standard InChI is InChI=1S/C18H37N5O3.HI/c1-19-18(21-10-7-13-26-15-14-25-4)20-9-6-12-23-11-5-8-16(23)17(24)22(2)3;/h16H,5-15H2,1-4H3,(H2,19,20,21);1H. The van der Waals surface area contributed by atoms with Crippen molar-refractivity contribution in [2.75, 3.05) is 74.3 Å². The van der Waals surface area contributed by atoms with Crippen molar-refractivity contribution in [3.8, 4) is 0 Å². The number of aliphatic imine (C=N–C) groups is 1. The lowest BCUT2D eigenvalue weighted by Gasteiger charge is -2.26. The van der Waals surface area contributed by atoms with Gasteiger partial charge >= 0.3 is 0 Å². The van der Waals surface area contributed by atoms with Crippen LogP contribution >= 0.6 is 24.0 Å². The van der Waals surface area contributed by atoms with Gasteiger partial charge in [0.15, 0.2) is 5.96 Å². The molecule has 1 aliphatic rings. The van der Waals surface area contributed by atoms with Crippen molar-refractivity contribution in [1.82, 2.24) is 20.4 Å². The number of guanidine groups is 1. The van der Waals surface area contributed by atoms with Crippen LogP contribution in [0.2, 0.25) is 0 Å². The molecule has 8 nitrogen and oxygen atoms in total. The first-order chi connectivity index (χ1) is 12.6. The molecule has 1 fully saturated rings. The number of hydrogen-bond donors (Lipinski definition) is 2. The lowest BCUT2D eigenvalue weighted by Crippen LogP contribution is -2.44. The second-order valence-corrected chi connectivity index (χ2v) is 6.66. The number of hydrogen-bond acceptors (Lipinski definition) is 5. The average Bonchev–Trinajstić information content (AvgIpc) is 3.10. The molecule has 0 spiro atoms. The first-order valence-corrected chi connectivity index (χ1v) is 9.56. The molecule has 1 saturated heterocycles. The summed E-state index contributed by atoms with van der Waals surface area (Å²) in [5.41, 5.74) is 0. The van der Waals surface area contributed by atoms with Gasteiger partial charge in [0, 0.05) is 54.5 Å². The van der Waals surface area contributed by atoms with Gasteiger partial charge in [-0.3, -0.25) is 14.7 Å². The van der Waals surface area contributed by atoms with E-state index in [9.17, 15) is 4.79 Å². The summed E-state index contributed by atoms with van der Waals surface area (Å²) in [5, 5.41) is 6.61. The highest BCUT2D eigenvalue weighted by Gasteiger charge is 2.30. The van der Waals surface area contributed by atoms with Crippen LogP contribution in [0.15, 0.2) is 4.99 Å². The summed E-state index contributed by atoms with van der Waals surface area (Å²) in [6.45, 7) is 5.58. The van der Waals surface area contributed by atoms with Crippen LogP contribution in [-0.4, -0.2) is 102 Å². The SMILES string of the molecule is CN=C(NCCCOCCOC)NCCCN1CCCC1C(=O)N(C)C.I.